The number of hydrogen-bond acceptors (Lipinski definition) is 4. The zero-order valence-electron chi connectivity index (χ0n) is 12.4. The molecule has 6 heteroatoms. The Balaban J connectivity index is 2.37. The van der Waals surface area contributed by atoms with Gasteiger partial charge in [0.1, 0.15) is 0 Å². The van der Waals surface area contributed by atoms with Gasteiger partial charge in [-0.3, -0.25) is 9.59 Å². The number of carboxylic acids is 1. The molecule has 0 aliphatic carbocycles. The largest absolute Gasteiger partial charge is 0.481 e. The van der Waals surface area contributed by atoms with Crippen molar-refractivity contribution in [3.8, 4) is 6.07 Å². The minimum atomic E-state index is -0.913. The molecule has 116 valence electrons. The zero-order chi connectivity index (χ0) is 16.1. The average molecular weight is 302 g/mol. The number of amides is 1. The molecule has 1 N–H and O–H groups in total. The summed E-state index contributed by atoms with van der Waals surface area (Å²) >= 11 is 0. The van der Waals surface area contributed by atoms with E-state index in [0.717, 1.165) is 5.56 Å². The Bertz CT molecular complexity index is 591. The summed E-state index contributed by atoms with van der Waals surface area (Å²) in [5, 5.41) is 18.3. The summed E-state index contributed by atoms with van der Waals surface area (Å²) in [5.74, 6) is -1.63. The number of carbonyl (C=O) groups is 2. The number of carboxylic acid groups (broad SMARTS) is 1. The molecule has 0 unspecified atom stereocenters. The molecule has 2 rings (SSSR count). The monoisotopic (exact) mass is 302 g/mol. The summed E-state index contributed by atoms with van der Waals surface area (Å²) in [7, 11) is 1.54. The molecule has 0 spiro atoms. The quantitative estimate of drug-likeness (QED) is 0.891. The van der Waals surface area contributed by atoms with Crippen molar-refractivity contribution in [3.05, 3.63) is 35.4 Å². The highest BCUT2D eigenvalue weighted by atomic mass is 16.5. The number of likely N-dealkylation sites (tertiary alicyclic amines) is 1. The zero-order valence-corrected chi connectivity index (χ0v) is 12.4. The number of nitriles is 1. The second-order valence-electron chi connectivity index (χ2n) is 5.24. The van der Waals surface area contributed by atoms with E-state index in [1.54, 1.807) is 36.3 Å². The maximum atomic E-state index is 12.2. The lowest BCUT2D eigenvalue weighted by atomic mass is 9.84. The van der Waals surface area contributed by atoms with Crippen molar-refractivity contribution in [2.24, 2.45) is 5.92 Å². The van der Waals surface area contributed by atoms with Crippen LogP contribution in [0.1, 0.15) is 30.0 Å². The van der Waals surface area contributed by atoms with Gasteiger partial charge in [-0.1, -0.05) is 12.1 Å². The average Bonchev–Trinajstić information content (AvgIpc) is 2.53. The molecule has 22 heavy (non-hydrogen) atoms. The van der Waals surface area contributed by atoms with Crippen LogP contribution in [0.25, 0.3) is 0 Å². The molecule has 2 atom stereocenters. The molecule has 0 bridgehead atoms. The maximum absolute atomic E-state index is 12.2. The van der Waals surface area contributed by atoms with Gasteiger partial charge in [0.2, 0.25) is 5.91 Å². The van der Waals surface area contributed by atoms with Gasteiger partial charge in [-0.2, -0.15) is 5.26 Å². The number of ether oxygens (including phenoxy) is 1. The standard InChI is InChI=1S/C16H18N2O4/c1-22-9-8-18-14(19)7-6-13(16(20)21)15(18)12-4-2-11(10-17)3-5-12/h2-5,13,15H,6-9H2,1H3,(H,20,21)/t13-,15-/m0/s1. The molecule has 0 saturated carbocycles. The van der Waals surface area contributed by atoms with Gasteiger partial charge in [0.15, 0.2) is 0 Å². The number of aliphatic carboxylic acids is 1. The molecule has 1 aliphatic rings. The van der Waals surface area contributed by atoms with E-state index >= 15 is 0 Å². The number of piperidine rings is 1. The fourth-order valence-corrected chi connectivity index (χ4v) is 2.83. The highest BCUT2D eigenvalue weighted by Gasteiger charge is 2.40. The van der Waals surface area contributed by atoms with Crippen molar-refractivity contribution in [2.75, 3.05) is 20.3 Å². The number of carbonyl (C=O) groups excluding carboxylic acids is 1. The molecule has 6 nitrogen and oxygen atoms in total. The second kappa shape index (κ2) is 7.05. The fraction of sp³-hybridized carbons (Fsp3) is 0.438. The normalized spacial score (nSPS) is 21.5. The smallest absolute Gasteiger partial charge is 0.308 e. The summed E-state index contributed by atoms with van der Waals surface area (Å²) in [4.78, 5) is 25.3. The first kappa shape index (κ1) is 16.0. The third-order valence-corrected chi connectivity index (χ3v) is 3.94. The SMILES string of the molecule is COCCN1C(=O)CC[C@H](C(=O)O)[C@@H]1c1ccc(C#N)cc1. The lowest BCUT2D eigenvalue weighted by Crippen LogP contribution is -2.46. The number of methoxy groups -OCH3 is 1. The van der Waals surface area contributed by atoms with E-state index in [1.807, 2.05) is 6.07 Å². The minimum Gasteiger partial charge on any atom is -0.481 e. The summed E-state index contributed by atoms with van der Waals surface area (Å²) in [6.07, 6.45) is 0.551. The second-order valence-corrected chi connectivity index (χ2v) is 5.24. The maximum Gasteiger partial charge on any atom is 0.308 e. The van der Waals surface area contributed by atoms with Crippen LogP contribution in [-0.2, 0) is 14.3 Å². The Morgan fingerprint density at radius 2 is 2.14 bits per heavy atom. The molecular formula is C16H18N2O4. The molecule has 1 aliphatic heterocycles. The summed E-state index contributed by atoms with van der Waals surface area (Å²) < 4.78 is 5.02. The van der Waals surface area contributed by atoms with E-state index in [9.17, 15) is 14.7 Å². The topological polar surface area (TPSA) is 90.6 Å². The predicted molar refractivity (Wildman–Crippen MR) is 77.8 cm³/mol. The van der Waals surface area contributed by atoms with Crippen LogP contribution in [-0.4, -0.2) is 42.1 Å². The van der Waals surface area contributed by atoms with Crippen molar-refractivity contribution in [1.29, 1.82) is 5.26 Å². The first-order valence-electron chi connectivity index (χ1n) is 7.09. The summed E-state index contributed by atoms with van der Waals surface area (Å²) in [6.45, 7) is 0.703. The molecule has 1 aromatic carbocycles. The Morgan fingerprint density at radius 3 is 2.68 bits per heavy atom. The van der Waals surface area contributed by atoms with E-state index in [-0.39, 0.29) is 12.3 Å². The lowest BCUT2D eigenvalue weighted by Gasteiger charge is -2.39. The Labute approximate surface area is 128 Å². The van der Waals surface area contributed by atoms with Crippen molar-refractivity contribution in [3.63, 3.8) is 0 Å². The van der Waals surface area contributed by atoms with Crippen molar-refractivity contribution in [1.82, 2.24) is 4.90 Å². The van der Waals surface area contributed by atoms with Gasteiger partial charge in [0, 0.05) is 20.1 Å². The van der Waals surface area contributed by atoms with E-state index in [0.29, 0.717) is 25.1 Å². The number of nitrogens with zero attached hydrogens (tertiary/aromatic N) is 2. The van der Waals surface area contributed by atoms with Crippen LogP contribution in [0, 0.1) is 17.2 Å². The third-order valence-electron chi connectivity index (χ3n) is 3.94. The number of benzene rings is 1. The van der Waals surface area contributed by atoms with Gasteiger partial charge in [-0.25, -0.2) is 0 Å². The van der Waals surface area contributed by atoms with E-state index in [4.69, 9.17) is 10.00 Å². The van der Waals surface area contributed by atoms with Crippen molar-refractivity contribution < 1.29 is 19.4 Å². The van der Waals surface area contributed by atoms with Crippen LogP contribution < -0.4 is 0 Å². The molecular weight excluding hydrogens is 284 g/mol. The molecule has 1 aromatic rings. The van der Waals surface area contributed by atoms with Crippen molar-refractivity contribution >= 4 is 11.9 Å². The van der Waals surface area contributed by atoms with Gasteiger partial charge < -0.3 is 14.7 Å². The Kier molecular flexibility index (Phi) is 5.12. The van der Waals surface area contributed by atoms with Gasteiger partial charge in [-0.15, -0.1) is 0 Å². The van der Waals surface area contributed by atoms with E-state index in [1.165, 1.54) is 0 Å². The van der Waals surface area contributed by atoms with Crippen LogP contribution in [0.3, 0.4) is 0 Å². The van der Waals surface area contributed by atoms with Crippen LogP contribution in [0.15, 0.2) is 24.3 Å². The van der Waals surface area contributed by atoms with Crippen LogP contribution in [0.4, 0.5) is 0 Å². The molecule has 0 radical (unpaired) electrons. The van der Waals surface area contributed by atoms with Crippen LogP contribution in [0.5, 0.6) is 0 Å². The van der Waals surface area contributed by atoms with Crippen LogP contribution >= 0.6 is 0 Å². The summed E-state index contributed by atoms with van der Waals surface area (Å²) in [5.41, 5.74) is 1.23. The first-order chi connectivity index (χ1) is 10.6. The van der Waals surface area contributed by atoms with E-state index < -0.39 is 17.9 Å². The molecule has 1 fully saturated rings. The number of hydrogen-bond donors (Lipinski definition) is 1. The van der Waals surface area contributed by atoms with Gasteiger partial charge in [-0.05, 0) is 24.1 Å². The molecule has 1 amide bonds. The number of rotatable bonds is 5. The van der Waals surface area contributed by atoms with Gasteiger partial charge in [0.05, 0.1) is 30.2 Å². The third kappa shape index (κ3) is 3.26. The minimum absolute atomic E-state index is 0.0658. The fourth-order valence-electron chi connectivity index (χ4n) is 2.83. The summed E-state index contributed by atoms with van der Waals surface area (Å²) in [6, 6.07) is 8.22. The highest BCUT2D eigenvalue weighted by Crippen LogP contribution is 2.36. The molecule has 0 aromatic heterocycles. The Hall–Kier alpha value is -2.39. The van der Waals surface area contributed by atoms with Gasteiger partial charge >= 0.3 is 5.97 Å². The lowest BCUT2D eigenvalue weighted by molar-refractivity contribution is -0.152. The molecule has 1 saturated heterocycles. The van der Waals surface area contributed by atoms with E-state index in [2.05, 4.69) is 0 Å². The first-order valence-corrected chi connectivity index (χ1v) is 7.09. The predicted octanol–water partition coefficient (Wildman–Crippen LogP) is 1.57. The van der Waals surface area contributed by atoms with Crippen LogP contribution in [0.2, 0.25) is 0 Å². The Morgan fingerprint density at radius 1 is 1.45 bits per heavy atom. The van der Waals surface area contributed by atoms with Gasteiger partial charge in [0.25, 0.3) is 0 Å². The highest BCUT2D eigenvalue weighted by molar-refractivity contribution is 5.81. The molecule has 1 heterocycles. The van der Waals surface area contributed by atoms with Crippen molar-refractivity contribution in [2.45, 2.75) is 18.9 Å².